The molecule has 0 saturated carbocycles. The summed E-state index contributed by atoms with van der Waals surface area (Å²) in [5, 5.41) is 10.7. The number of benzene rings is 1. The number of carbonyl (C=O) groups is 1. The number of para-hydroxylation sites is 1. The lowest BCUT2D eigenvalue weighted by Crippen LogP contribution is -2.23. The van der Waals surface area contributed by atoms with Gasteiger partial charge in [-0.15, -0.1) is 5.10 Å². The maximum Gasteiger partial charge on any atom is 0.276 e. The van der Waals surface area contributed by atoms with Gasteiger partial charge in [-0.2, -0.15) is 4.98 Å². The Balaban J connectivity index is 1.77. The maximum absolute atomic E-state index is 12.0. The molecule has 0 saturated heterocycles. The van der Waals surface area contributed by atoms with E-state index in [1.807, 2.05) is 44.2 Å². The fourth-order valence-electron chi connectivity index (χ4n) is 2.07. The van der Waals surface area contributed by atoms with Crippen molar-refractivity contribution in [3.8, 4) is 5.69 Å². The highest BCUT2D eigenvalue weighted by Crippen LogP contribution is 2.13. The first-order valence-corrected chi connectivity index (χ1v) is 6.66. The zero-order valence-electron chi connectivity index (χ0n) is 11.8. The Hall–Kier alpha value is -2.70. The lowest BCUT2D eigenvalue weighted by Gasteiger charge is -2.01. The van der Waals surface area contributed by atoms with E-state index in [1.54, 1.807) is 4.68 Å². The van der Waals surface area contributed by atoms with E-state index < -0.39 is 0 Å². The standard InChI is InChI=1S/C14H15N5O2/c1-9-8-12(18-21-9)13(20)16-14-15-10(2)19(17-14)11-6-4-3-5-7-11/h3-7,9H,8H2,1-2H3,(H,16,17,20). The van der Waals surface area contributed by atoms with Crippen LogP contribution in [0, 0.1) is 6.92 Å². The molecule has 0 radical (unpaired) electrons. The number of aryl methyl sites for hydroxylation is 1. The van der Waals surface area contributed by atoms with Gasteiger partial charge in [0.25, 0.3) is 5.91 Å². The number of amides is 1. The van der Waals surface area contributed by atoms with Gasteiger partial charge in [-0.1, -0.05) is 23.4 Å². The summed E-state index contributed by atoms with van der Waals surface area (Å²) in [6.45, 7) is 3.68. The number of nitrogens with one attached hydrogen (secondary N) is 1. The zero-order valence-corrected chi connectivity index (χ0v) is 11.8. The number of carbonyl (C=O) groups excluding carboxylic acids is 1. The highest BCUT2D eigenvalue weighted by Gasteiger charge is 2.23. The minimum Gasteiger partial charge on any atom is -0.392 e. The maximum atomic E-state index is 12.0. The molecular weight excluding hydrogens is 270 g/mol. The molecule has 1 aromatic heterocycles. The van der Waals surface area contributed by atoms with Gasteiger partial charge in [0.2, 0.25) is 5.95 Å². The summed E-state index contributed by atoms with van der Waals surface area (Å²) in [4.78, 5) is 21.3. The van der Waals surface area contributed by atoms with Crippen molar-refractivity contribution in [2.45, 2.75) is 26.4 Å². The average Bonchev–Trinajstić information content (AvgIpc) is 3.06. The SMILES string of the molecule is Cc1nc(NC(=O)C2=NOC(C)C2)nn1-c1ccccc1. The number of rotatable bonds is 3. The number of hydrogen-bond donors (Lipinski definition) is 1. The third-order valence-electron chi connectivity index (χ3n) is 3.08. The molecule has 0 bridgehead atoms. The normalized spacial score (nSPS) is 17.2. The van der Waals surface area contributed by atoms with Gasteiger partial charge in [-0.05, 0) is 26.0 Å². The molecule has 0 fully saturated rings. The van der Waals surface area contributed by atoms with Crippen molar-refractivity contribution in [2.24, 2.45) is 5.16 Å². The topological polar surface area (TPSA) is 81.4 Å². The van der Waals surface area contributed by atoms with E-state index in [0.29, 0.717) is 18.0 Å². The predicted molar refractivity (Wildman–Crippen MR) is 77.3 cm³/mol. The third kappa shape index (κ3) is 2.76. The van der Waals surface area contributed by atoms with Crippen LogP contribution in [-0.4, -0.2) is 32.5 Å². The molecule has 2 aromatic rings. The van der Waals surface area contributed by atoms with Crippen molar-refractivity contribution in [3.05, 3.63) is 36.2 Å². The van der Waals surface area contributed by atoms with Crippen molar-refractivity contribution < 1.29 is 9.63 Å². The van der Waals surface area contributed by atoms with Gasteiger partial charge < -0.3 is 4.84 Å². The summed E-state index contributed by atoms with van der Waals surface area (Å²) >= 11 is 0. The van der Waals surface area contributed by atoms with E-state index in [9.17, 15) is 4.79 Å². The minimum absolute atomic E-state index is 0.0673. The van der Waals surface area contributed by atoms with Gasteiger partial charge in [-0.3, -0.25) is 10.1 Å². The highest BCUT2D eigenvalue weighted by molar-refractivity contribution is 6.43. The smallest absolute Gasteiger partial charge is 0.276 e. The summed E-state index contributed by atoms with van der Waals surface area (Å²) in [6, 6.07) is 9.60. The summed E-state index contributed by atoms with van der Waals surface area (Å²) in [5.74, 6) is 0.614. The summed E-state index contributed by atoms with van der Waals surface area (Å²) in [6.07, 6.45) is 0.423. The molecule has 3 rings (SSSR count). The van der Waals surface area contributed by atoms with Crippen molar-refractivity contribution in [1.82, 2.24) is 14.8 Å². The summed E-state index contributed by atoms with van der Waals surface area (Å²) in [7, 11) is 0. The van der Waals surface area contributed by atoms with Crippen LogP contribution in [0.1, 0.15) is 19.2 Å². The predicted octanol–water partition coefficient (Wildman–Crippen LogP) is 1.68. The molecule has 1 N–H and O–H groups in total. The number of anilines is 1. The van der Waals surface area contributed by atoms with Crippen molar-refractivity contribution in [3.63, 3.8) is 0 Å². The zero-order chi connectivity index (χ0) is 14.8. The highest BCUT2D eigenvalue weighted by atomic mass is 16.6. The van der Waals surface area contributed by atoms with E-state index in [-0.39, 0.29) is 18.0 Å². The molecule has 0 spiro atoms. The number of aromatic nitrogens is 3. The Morgan fingerprint density at radius 3 is 2.81 bits per heavy atom. The minimum atomic E-state index is -0.329. The second kappa shape index (κ2) is 5.35. The van der Waals surface area contributed by atoms with Gasteiger partial charge in [0, 0.05) is 6.42 Å². The molecule has 2 heterocycles. The quantitative estimate of drug-likeness (QED) is 0.930. The van der Waals surface area contributed by atoms with Gasteiger partial charge in [-0.25, -0.2) is 4.68 Å². The molecule has 0 aliphatic carbocycles. The molecule has 1 aromatic carbocycles. The lowest BCUT2D eigenvalue weighted by atomic mass is 10.2. The van der Waals surface area contributed by atoms with Crippen LogP contribution in [0.15, 0.2) is 35.5 Å². The Bertz CT molecular complexity index is 693. The first kappa shape index (κ1) is 13.3. The van der Waals surface area contributed by atoms with Gasteiger partial charge in [0.15, 0.2) is 0 Å². The van der Waals surface area contributed by atoms with Crippen molar-refractivity contribution >= 4 is 17.6 Å². The van der Waals surface area contributed by atoms with E-state index >= 15 is 0 Å². The van der Waals surface area contributed by atoms with Crippen LogP contribution in [0.3, 0.4) is 0 Å². The number of oxime groups is 1. The molecule has 21 heavy (non-hydrogen) atoms. The van der Waals surface area contributed by atoms with Crippen LogP contribution in [0.4, 0.5) is 5.95 Å². The monoisotopic (exact) mass is 285 g/mol. The third-order valence-corrected chi connectivity index (χ3v) is 3.08. The Morgan fingerprint density at radius 1 is 1.38 bits per heavy atom. The van der Waals surface area contributed by atoms with E-state index in [0.717, 1.165) is 5.69 Å². The Kier molecular flexibility index (Phi) is 3.39. The Labute approximate surface area is 121 Å². The Morgan fingerprint density at radius 2 is 2.14 bits per heavy atom. The van der Waals surface area contributed by atoms with Crippen LogP contribution >= 0.6 is 0 Å². The first-order valence-electron chi connectivity index (χ1n) is 6.66. The van der Waals surface area contributed by atoms with Crippen molar-refractivity contribution in [1.29, 1.82) is 0 Å². The molecule has 1 aliphatic rings. The molecule has 7 heteroatoms. The van der Waals surface area contributed by atoms with Crippen LogP contribution in [0.2, 0.25) is 0 Å². The van der Waals surface area contributed by atoms with Gasteiger partial charge in [0.1, 0.15) is 17.6 Å². The lowest BCUT2D eigenvalue weighted by molar-refractivity contribution is -0.110. The van der Waals surface area contributed by atoms with E-state index in [4.69, 9.17) is 4.84 Å². The fraction of sp³-hybridized carbons (Fsp3) is 0.286. The van der Waals surface area contributed by atoms with E-state index in [2.05, 4.69) is 20.6 Å². The molecule has 108 valence electrons. The van der Waals surface area contributed by atoms with Crippen LogP contribution < -0.4 is 5.32 Å². The molecule has 1 unspecified atom stereocenters. The largest absolute Gasteiger partial charge is 0.392 e. The van der Waals surface area contributed by atoms with Gasteiger partial charge in [0.05, 0.1) is 5.69 Å². The summed E-state index contributed by atoms with van der Waals surface area (Å²) < 4.78 is 1.67. The molecule has 7 nitrogen and oxygen atoms in total. The first-order chi connectivity index (χ1) is 10.1. The second-order valence-electron chi connectivity index (χ2n) is 4.84. The second-order valence-corrected chi connectivity index (χ2v) is 4.84. The van der Waals surface area contributed by atoms with Gasteiger partial charge >= 0.3 is 0 Å². The molecule has 1 atom stereocenters. The van der Waals surface area contributed by atoms with E-state index in [1.165, 1.54) is 0 Å². The fourth-order valence-corrected chi connectivity index (χ4v) is 2.07. The van der Waals surface area contributed by atoms with Crippen molar-refractivity contribution in [2.75, 3.05) is 5.32 Å². The number of nitrogens with zero attached hydrogens (tertiary/aromatic N) is 4. The average molecular weight is 285 g/mol. The van der Waals surface area contributed by atoms with Crippen LogP contribution in [-0.2, 0) is 9.63 Å². The molecular formula is C14H15N5O2. The molecule has 1 aliphatic heterocycles. The van der Waals surface area contributed by atoms with Crippen LogP contribution in [0.25, 0.3) is 5.69 Å². The number of hydrogen-bond acceptors (Lipinski definition) is 5. The van der Waals surface area contributed by atoms with Crippen LogP contribution in [0.5, 0.6) is 0 Å². The summed E-state index contributed by atoms with van der Waals surface area (Å²) in [5.41, 5.74) is 1.24. The molecule has 1 amide bonds.